The minimum atomic E-state index is -0.461. The number of nitrogens with zero attached hydrogens (tertiary/aromatic N) is 6. The normalized spacial score (nSPS) is 11.4. The van der Waals surface area contributed by atoms with E-state index in [0.29, 0.717) is 14.3 Å². The highest BCUT2D eigenvalue weighted by Gasteiger charge is 2.15. The maximum Gasteiger partial charge on any atom is 0.209 e. The molecule has 0 aliphatic rings. The van der Waals surface area contributed by atoms with Gasteiger partial charge in [0.25, 0.3) is 0 Å². The third kappa shape index (κ3) is 4.68. The van der Waals surface area contributed by atoms with E-state index in [4.69, 9.17) is 36.7 Å². The Morgan fingerprint density at radius 1 is 0.400 bits per heavy atom. The topological polar surface area (TPSA) is 29.6 Å². The molecule has 0 amide bonds. The maximum atomic E-state index is 6.05. The van der Waals surface area contributed by atoms with Gasteiger partial charge < -0.3 is 13.4 Å². The molecule has 6 aromatic rings. The largest absolute Gasteiger partial charge is 0.483 e. The minimum absolute atomic E-state index is 0.461. The van der Waals surface area contributed by atoms with Crippen LogP contribution in [0.4, 0.5) is 0 Å². The molecule has 0 aliphatic carbocycles. The van der Waals surface area contributed by atoms with Gasteiger partial charge in [-0.3, -0.25) is 13.7 Å². The van der Waals surface area contributed by atoms with Gasteiger partial charge in [0.15, 0.2) is 0 Å². The predicted octanol–water partition coefficient (Wildman–Crippen LogP) is 7.51. The molecule has 0 bridgehead atoms. The molecular formula is C30H27BN6S3-. The fraction of sp³-hybridized carbons (Fsp3) is 0.100. The molecule has 0 unspecified atom stereocenters. The molecule has 3 aromatic carbocycles. The molecule has 0 aliphatic heterocycles. The van der Waals surface area contributed by atoms with Gasteiger partial charge in [-0.05, 0) is 112 Å². The molecule has 3 heterocycles. The van der Waals surface area contributed by atoms with Gasteiger partial charge in [-0.2, -0.15) is 0 Å². The first-order valence-electron chi connectivity index (χ1n) is 12.9. The molecule has 40 heavy (non-hydrogen) atoms. The Morgan fingerprint density at radius 3 is 0.900 bits per heavy atom. The summed E-state index contributed by atoms with van der Waals surface area (Å²) < 4.78 is 14.0. The molecule has 0 spiro atoms. The molecule has 199 valence electrons. The van der Waals surface area contributed by atoms with Crippen molar-refractivity contribution in [2.75, 3.05) is 0 Å². The SMILES string of the molecule is Cc1ccc(-n2ccn([B-](n3ccn(-c4ccc(C)cc4)c3=S)n3ccn(-c4ccc(C)cc4)c3=S)c2=S)cc1. The van der Waals surface area contributed by atoms with Crippen molar-refractivity contribution in [2.45, 2.75) is 20.8 Å². The van der Waals surface area contributed by atoms with Crippen LogP contribution in [0.2, 0.25) is 0 Å². The van der Waals surface area contributed by atoms with Crippen molar-refractivity contribution >= 4 is 43.8 Å². The van der Waals surface area contributed by atoms with Crippen LogP contribution in [0, 0.1) is 35.1 Å². The second-order valence-corrected chi connectivity index (χ2v) is 11.0. The van der Waals surface area contributed by atoms with Gasteiger partial charge in [-0.15, -0.1) is 0 Å². The summed E-state index contributed by atoms with van der Waals surface area (Å²) in [6, 6.07) is 24.9. The van der Waals surface area contributed by atoms with Crippen LogP contribution in [0.3, 0.4) is 0 Å². The molecule has 6 rings (SSSR count). The summed E-state index contributed by atoms with van der Waals surface area (Å²) in [6.45, 7) is 6.22. The molecule has 0 saturated heterocycles. The van der Waals surface area contributed by atoms with Crippen LogP contribution >= 0.6 is 36.7 Å². The van der Waals surface area contributed by atoms with E-state index >= 15 is 0 Å². The van der Waals surface area contributed by atoms with E-state index in [1.165, 1.54) is 16.7 Å². The van der Waals surface area contributed by atoms with Crippen LogP contribution in [-0.2, 0) is 0 Å². The smallest absolute Gasteiger partial charge is 0.209 e. The van der Waals surface area contributed by atoms with E-state index in [9.17, 15) is 0 Å². The molecule has 0 N–H and O–H groups in total. The van der Waals surface area contributed by atoms with Gasteiger partial charge in [0, 0.05) is 35.7 Å². The Balaban J connectivity index is 1.53. The lowest BCUT2D eigenvalue weighted by molar-refractivity contribution is 0.878. The average molecular weight is 579 g/mol. The standard InChI is InChI=1S/C30H27BN6S3/c1-22-4-10-25(11-5-22)32-16-19-35(28(32)38)31(36-20-17-33(29(36)39)26-12-6-23(2)7-13-26)37-21-18-34(30(37)40)27-14-8-24(3)9-15-27/h4-21H,1-3H3/q-1. The zero-order valence-electron chi connectivity index (χ0n) is 22.4. The third-order valence-corrected chi connectivity index (χ3v) is 8.32. The summed E-state index contributed by atoms with van der Waals surface area (Å²) >= 11 is 18.1. The van der Waals surface area contributed by atoms with Gasteiger partial charge in [-0.25, -0.2) is 0 Å². The second kappa shape index (κ2) is 10.5. The zero-order valence-corrected chi connectivity index (χ0v) is 24.8. The monoisotopic (exact) mass is 578 g/mol. The highest BCUT2D eigenvalue weighted by atomic mass is 32.1. The number of rotatable bonds is 6. The van der Waals surface area contributed by atoms with Gasteiger partial charge in [0.05, 0.1) is 0 Å². The minimum Gasteiger partial charge on any atom is -0.483 e. The van der Waals surface area contributed by atoms with Gasteiger partial charge in [-0.1, -0.05) is 53.1 Å². The third-order valence-electron chi connectivity index (χ3n) is 7.09. The molecule has 0 atom stereocenters. The van der Waals surface area contributed by atoms with Crippen LogP contribution in [0.25, 0.3) is 17.1 Å². The fourth-order valence-corrected chi connectivity index (χ4v) is 5.77. The first-order chi connectivity index (χ1) is 19.3. The Labute approximate surface area is 248 Å². The van der Waals surface area contributed by atoms with Crippen molar-refractivity contribution in [1.82, 2.24) is 27.1 Å². The molecule has 6 nitrogen and oxygen atoms in total. The number of benzene rings is 3. The van der Waals surface area contributed by atoms with Crippen molar-refractivity contribution in [3.63, 3.8) is 0 Å². The average Bonchev–Trinajstić information content (AvgIpc) is 3.64. The quantitative estimate of drug-likeness (QED) is 0.151. The summed E-state index contributed by atoms with van der Waals surface area (Å²) in [5.74, 6) is 0. The number of hydrogen-bond acceptors (Lipinski definition) is 3. The van der Waals surface area contributed by atoms with Crippen LogP contribution in [0.15, 0.2) is 110 Å². The maximum absolute atomic E-state index is 6.05. The Morgan fingerprint density at radius 2 is 0.650 bits per heavy atom. The fourth-order valence-electron chi connectivity index (χ4n) is 4.81. The number of imidazole rings is 3. The lowest BCUT2D eigenvalue weighted by Gasteiger charge is -2.33. The van der Waals surface area contributed by atoms with Gasteiger partial charge in [0.2, 0.25) is 7.12 Å². The van der Waals surface area contributed by atoms with Crippen LogP contribution in [0.1, 0.15) is 16.7 Å². The zero-order chi connectivity index (χ0) is 28.0. The first kappa shape index (κ1) is 26.2. The molecule has 1 radical (unpaired) electrons. The summed E-state index contributed by atoms with van der Waals surface area (Å²) in [4.78, 5) is 0. The summed E-state index contributed by atoms with van der Waals surface area (Å²) in [5, 5.41) is 0. The van der Waals surface area contributed by atoms with E-state index in [1.807, 2.05) is 64.3 Å². The van der Waals surface area contributed by atoms with E-state index in [-0.39, 0.29) is 0 Å². The predicted molar refractivity (Wildman–Crippen MR) is 170 cm³/mol. The summed E-state index contributed by atoms with van der Waals surface area (Å²) in [6.07, 6.45) is 11.9. The van der Waals surface area contributed by atoms with E-state index in [2.05, 4.69) is 93.6 Å². The number of aromatic nitrogens is 6. The number of aryl methyl sites for hydroxylation is 3. The van der Waals surface area contributed by atoms with E-state index in [1.54, 1.807) is 0 Å². The highest BCUT2D eigenvalue weighted by molar-refractivity contribution is 7.71. The van der Waals surface area contributed by atoms with Gasteiger partial charge in [0.1, 0.15) is 14.3 Å². The van der Waals surface area contributed by atoms with Crippen molar-refractivity contribution in [3.8, 4) is 17.1 Å². The van der Waals surface area contributed by atoms with E-state index in [0.717, 1.165) is 17.1 Å². The molecular weight excluding hydrogens is 551 g/mol. The van der Waals surface area contributed by atoms with Crippen LogP contribution in [-0.4, -0.2) is 34.3 Å². The molecule has 0 fully saturated rings. The van der Waals surface area contributed by atoms with Crippen molar-refractivity contribution in [3.05, 3.63) is 141 Å². The summed E-state index contributed by atoms with van der Waals surface area (Å²) in [7, 11) is -0.461. The Hall–Kier alpha value is -3.99. The van der Waals surface area contributed by atoms with Crippen molar-refractivity contribution in [1.29, 1.82) is 0 Å². The van der Waals surface area contributed by atoms with Crippen molar-refractivity contribution < 1.29 is 0 Å². The lowest BCUT2D eigenvalue weighted by Crippen LogP contribution is -2.41. The number of hydrogen-bond donors (Lipinski definition) is 0. The summed E-state index contributed by atoms with van der Waals surface area (Å²) in [5.41, 5.74) is 6.57. The molecule has 10 heteroatoms. The van der Waals surface area contributed by atoms with Crippen LogP contribution < -0.4 is 0 Å². The van der Waals surface area contributed by atoms with Gasteiger partial charge >= 0.3 is 0 Å². The lowest BCUT2D eigenvalue weighted by atomic mass is 9.92. The van der Waals surface area contributed by atoms with E-state index < -0.39 is 7.12 Å². The Kier molecular flexibility index (Phi) is 6.91. The van der Waals surface area contributed by atoms with Crippen LogP contribution in [0.5, 0.6) is 0 Å². The second-order valence-electron chi connectivity index (χ2n) is 9.93. The Bertz CT molecular complexity index is 1750. The molecule has 0 saturated carbocycles. The highest BCUT2D eigenvalue weighted by Crippen LogP contribution is 2.18. The molecule has 3 aromatic heterocycles. The van der Waals surface area contributed by atoms with Crippen molar-refractivity contribution in [2.24, 2.45) is 0 Å². The first-order valence-corrected chi connectivity index (χ1v) is 14.1.